The quantitative estimate of drug-likeness (QED) is 0.667. The van der Waals surface area contributed by atoms with Gasteiger partial charge in [0.2, 0.25) is 0 Å². The first-order chi connectivity index (χ1) is 13.1. The molecule has 1 spiro atoms. The molecule has 2 aliphatic rings. The van der Waals surface area contributed by atoms with Crippen molar-refractivity contribution in [2.45, 2.75) is 39.7 Å². The van der Waals surface area contributed by atoms with Gasteiger partial charge in [-0.1, -0.05) is 31.7 Å². The molecule has 2 aromatic heterocycles. The Morgan fingerprint density at radius 1 is 1.18 bits per heavy atom. The third-order valence-corrected chi connectivity index (χ3v) is 7.12. The number of nitrogens with zero attached hydrogens (tertiary/aromatic N) is 3. The molecule has 3 aromatic rings. The van der Waals surface area contributed by atoms with E-state index in [1.807, 2.05) is 11.6 Å². The molecule has 1 fully saturated rings. The van der Waals surface area contributed by atoms with Crippen LogP contribution in [-0.4, -0.2) is 23.1 Å². The van der Waals surface area contributed by atoms with E-state index in [2.05, 4.69) is 53.2 Å². The Bertz CT molecular complexity index is 958. The molecule has 0 radical (unpaired) electrons. The number of aryl methyl sites for hydroxylation is 1. The number of aromatic nitrogens is 2. The van der Waals surface area contributed by atoms with Crippen LogP contribution in [0.2, 0.25) is 0 Å². The van der Waals surface area contributed by atoms with Gasteiger partial charge >= 0.3 is 0 Å². The number of fused-ring (bicyclic) bond motifs is 1. The second-order valence-corrected chi connectivity index (χ2v) is 8.79. The topological polar surface area (TPSA) is 55.0 Å². The van der Waals surface area contributed by atoms with Crippen LogP contribution in [0.5, 0.6) is 0 Å². The standard InChI is InChI=1S/C22H24N4S.CH4/c1-15-12-17(21-24-8-11-27-21)13-19(25-15)26-9-6-22(7-10-26)14-16-4-2-3-5-18(16)20(22)23;/h2-5,8,11-13,20H,6-7,9-10,14,23H2,1H3;1H4/t20-;/m1./s1. The van der Waals surface area contributed by atoms with E-state index >= 15 is 0 Å². The van der Waals surface area contributed by atoms with Crippen molar-refractivity contribution in [2.24, 2.45) is 11.1 Å². The number of nitrogens with two attached hydrogens (primary N) is 1. The van der Waals surface area contributed by atoms with E-state index in [9.17, 15) is 0 Å². The van der Waals surface area contributed by atoms with E-state index in [0.717, 1.165) is 54.4 Å². The molecule has 1 aliphatic heterocycles. The van der Waals surface area contributed by atoms with Gasteiger partial charge in [0, 0.05) is 42.0 Å². The van der Waals surface area contributed by atoms with Crippen LogP contribution in [0.15, 0.2) is 48.0 Å². The molecule has 1 saturated heterocycles. The summed E-state index contributed by atoms with van der Waals surface area (Å²) in [6.45, 7) is 4.08. The van der Waals surface area contributed by atoms with E-state index < -0.39 is 0 Å². The normalized spacial score (nSPS) is 20.1. The molecule has 2 N–H and O–H groups in total. The Hall–Kier alpha value is -2.24. The molecule has 4 nitrogen and oxygen atoms in total. The Balaban J connectivity index is 0.00000192. The molecule has 1 aliphatic carbocycles. The third-order valence-electron chi connectivity index (χ3n) is 6.29. The van der Waals surface area contributed by atoms with Crippen molar-refractivity contribution in [3.63, 3.8) is 0 Å². The highest BCUT2D eigenvalue weighted by molar-refractivity contribution is 7.13. The zero-order valence-corrected chi connectivity index (χ0v) is 16.4. The fourth-order valence-electron chi connectivity index (χ4n) is 4.79. The molecule has 1 aromatic carbocycles. The number of anilines is 1. The minimum Gasteiger partial charge on any atom is -0.357 e. The van der Waals surface area contributed by atoms with Crippen LogP contribution in [0.4, 0.5) is 5.82 Å². The summed E-state index contributed by atoms with van der Waals surface area (Å²) in [6, 6.07) is 13.2. The molecule has 1 atom stereocenters. The Kier molecular flexibility index (Phi) is 4.98. The fraction of sp³-hybridized carbons (Fsp3) is 0.391. The van der Waals surface area contributed by atoms with E-state index in [-0.39, 0.29) is 18.9 Å². The minimum atomic E-state index is 0. The molecule has 0 bridgehead atoms. The lowest BCUT2D eigenvalue weighted by Crippen LogP contribution is -2.44. The van der Waals surface area contributed by atoms with Crippen molar-refractivity contribution >= 4 is 17.2 Å². The van der Waals surface area contributed by atoms with Crippen molar-refractivity contribution in [1.82, 2.24) is 9.97 Å². The number of hydrogen-bond acceptors (Lipinski definition) is 5. The lowest BCUT2D eigenvalue weighted by atomic mass is 9.73. The van der Waals surface area contributed by atoms with E-state index in [4.69, 9.17) is 10.7 Å². The maximum Gasteiger partial charge on any atom is 0.129 e. The van der Waals surface area contributed by atoms with Gasteiger partial charge in [0.15, 0.2) is 0 Å². The summed E-state index contributed by atoms with van der Waals surface area (Å²) in [5, 5.41) is 3.08. The van der Waals surface area contributed by atoms with Crippen LogP contribution in [0.1, 0.15) is 43.1 Å². The molecule has 0 saturated carbocycles. The van der Waals surface area contributed by atoms with Crippen molar-refractivity contribution in [1.29, 1.82) is 0 Å². The number of pyridine rings is 1. The minimum absolute atomic E-state index is 0. The summed E-state index contributed by atoms with van der Waals surface area (Å²) in [6.07, 6.45) is 5.21. The summed E-state index contributed by atoms with van der Waals surface area (Å²) < 4.78 is 0. The van der Waals surface area contributed by atoms with Crippen molar-refractivity contribution < 1.29 is 0 Å². The maximum atomic E-state index is 6.71. The summed E-state index contributed by atoms with van der Waals surface area (Å²) in [4.78, 5) is 11.7. The van der Waals surface area contributed by atoms with E-state index in [1.165, 1.54) is 11.1 Å². The highest BCUT2D eigenvalue weighted by Crippen LogP contribution is 2.51. The van der Waals surface area contributed by atoms with Crippen molar-refractivity contribution in [3.8, 4) is 10.6 Å². The second kappa shape index (κ2) is 7.30. The molecule has 146 valence electrons. The molecule has 3 heterocycles. The first-order valence-corrected chi connectivity index (χ1v) is 10.5. The van der Waals surface area contributed by atoms with Crippen molar-refractivity contribution in [3.05, 3.63) is 64.8 Å². The number of thiazole rings is 1. The lowest BCUT2D eigenvalue weighted by Gasteiger charge is -2.42. The molecule has 28 heavy (non-hydrogen) atoms. The van der Waals surface area contributed by atoms with Crippen molar-refractivity contribution in [2.75, 3.05) is 18.0 Å². The summed E-state index contributed by atoms with van der Waals surface area (Å²) in [5.74, 6) is 1.07. The van der Waals surface area contributed by atoms with Gasteiger partial charge in [-0.05, 0) is 54.9 Å². The van der Waals surface area contributed by atoms with Crippen LogP contribution >= 0.6 is 11.3 Å². The molecule has 5 rings (SSSR count). The van der Waals surface area contributed by atoms with Gasteiger partial charge < -0.3 is 10.6 Å². The average molecular weight is 393 g/mol. The maximum absolute atomic E-state index is 6.71. The van der Waals surface area contributed by atoms with Crippen LogP contribution in [0, 0.1) is 12.3 Å². The van der Waals surface area contributed by atoms with Gasteiger partial charge in [-0.2, -0.15) is 0 Å². The summed E-state index contributed by atoms with van der Waals surface area (Å²) in [7, 11) is 0. The Morgan fingerprint density at radius 2 is 1.96 bits per heavy atom. The zero-order chi connectivity index (χ0) is 18.4. The largest absolute Gasteiger partial charge is 0.357 e. The second-order valence-electron chi connectivity index (χ2n) is 7.90. The SMILES string of the molecule is C.Cc1cc(-c2nccs2)cc(N2CCC3(CC2)Cc2ccccc2[C@H]3N)n1. The van der Waals surface area contributed by atoms with Gasteiger partial charge in [0.25, 0.3) is 0 Å². The Morgan fingerprint density at radius 3 is 2.68 bits per heavy atom. The Labute approximate surface area is 171 Å². The van der Waals surface area contributed by atoms with Gasteiger partial charge in [-0.25, -0.2) is 9.97 Å². The fourth-order valence-corrected chi connectivity index (χ4v) is 5.42. The predicted molar refractivity (Wildman–Crippen MR) is 118 cm³/mol. The van der Waals surface area contributed by atoms with Gasteiger partial charge in [0.05, 0.1) is 0 Å². The third kappa shape index (κ3) is 3.12. The number of piperidine rings is 1. The van der Waals surface area contributed by atoms with Crippen LogP contribution in [0.3, 0.4) is 0 Å². The molecule has 5 heteroatoms. The summed E-state index contributed by atoms with van der Waals surface area (Å²) in [5.41, 5.74) is 11.9. The molecule has 0 amide bonds. The first kappa shape index (κ1) is 19.1. The molecule has 0 unspecified atom stereocenters. The van der Waals surface area contributed by atoms with Gasteiger partial charge in [0.1, 0.15) is 10.8 Å². The molecular weight excluding hydrogens is 364 g/mol. The predicted octanol–water partition coefficient (Wildman–Crippen LogP) is 4.99. The lowest BCUT2D eigenvalue weighted by molar-refractivity contribution is 0.187. The summed E-state index contributed by atoms with van der Waals surface area (Å²) >= 11 is 1.67. The number of benzene rings is 1. The average Bonchev–Trinajstić information content (AvgIpc) is 3.30. The molecular formula is C23H28N4S. The van der Waals surface area contributed by atoms with Crippen LogP contribution < -0.4 is 10.6 Å². The monoisotopic (exact) mass is 392 g/mol. The van der Waals surface area contributed by atoms with Crippen LogP contribution in [0.25, 0.3) is 10.6 Å². The highest BCUT2D eigenvalue weighted by atomic mass is 32.1. The van der Waals surface area contributed by atoms with Gasteiger partial charge in [-0.15, -0.1) is 11.3 Å². The smallest absolute Gasteiger partial charge is 0.129 e. The zero-order valence-electron chi connectivity index (χ0n) is 15.6. The number of rotatable bonds is 2. The first-order valence-electron chi connectivity index (χ1n) is 9.62. The van der Waals surface area contributed by atoms with E-state index in [1.54, 1.807) is 11.3 Å². The van der Waals surface area contributed by atoms with Crippen LogP contribution in [-0.2, 0) is 6.42 Å². The van der Waals surface area contributed by atoms with Gasteiger partial charge in [-0.3, -0.25) is 0 Å². The van der Waals surface area contributed by atoms with E-state index in [0.29, 0.717) is 0 Å². The number of hydrogen-bond donors (Lipinski definition) is 1. The highest BCUT2D eigenvalue weighted by Gasteiger charge is 2.45.